The second kappa shape index (κ2) is 11.2. The Bertz CT molecular complexity index is 1160. The van der Waals surface area contributed by atoms with Gasteiger partial charge >= 0.3 is 6.09 Å². The minimum atomic E-state index is -4.65. The summed E-state index contributed by atoms with van der Waals surface area (Å²) in [5.74, 6) is -1.15. The first-order valence-electron chi connectivity index (χ1n) is 11.1. The van der Waals surface area contributed by atoms with Gasteiger partial charge in [-0.1, -0.05) is 42.6 Å². The number of benzene rings is 1. The first-order chi connectivity index (χ1) is 16.6. The van der Waals surface area contributed by atoms with Gasteiger partial charge in [0, 0.05) is 12.6 Å². The lowest BCUT2D eigenvalue weighted by molar-refractivity contribution is -0.388. The number of hydroxylamine groups is 1. The van der Waals surface area contributed by atoms with Crippen LogP contribution < -0.4 is 5.73 Å². The maximum absolute atomic E-state index is 13.8. The van der Waals surface area contributed by atoms with Crippen molar-refractivity contribution in [2.24, 2.45) is 11.7 Å². The molecule has 2 atom stereocenters. The highest BCUT2D eigenvalue weighted by Gasteiger charge is 2.45. The Morgan fingerprint density at radius 1 is 1.33 bits per heavy atom. The zero-order valence-corrected chi connectivity index (χ0v) is 21.7. The molecule has 2 N–H and O–H groups in total. The van der Waals surface area contributed by atoms with E-state index in [4.69, 9.17) is 15.3 Å². The molecule has 1 aliphatic rings. The van der Waals surface area contributed by atoms with Crippen molar-refractivity contribution in [1.29, 1.82) is 0 Å². The first kappa shape index (κ1) is 28.9. The van der Waals surface area contributed by atoms with Crippen LogP contribution in [-0.2, 0) is 24.4 Å². The number of para-hydroxylation sites is 1. The summed E-state index contributed by atoms with van der Waals surface area (Å²) in [7, 11) is -4.65. The summed E-state index contributed by atoms with van der Waals surface area (Å²) >= 11 is 0. The van der Waals surface area contributed by atoms with Crippen LogP contribution in [0.5, 0.6) is 0 Å². The van der Waals surface area contributed by atoms with Crippen molar-refractivity contribution in [1.82, 2.24) is 9.37 Å². The number of sulfonamides is 1. The summed E-state index contributed by atoms with van der Waals surface area (Å²) in [6.45, 7) is 11.4. The average Bonchev–Trinajstić information content (AvgIpc) is 2.77. The number of nitrogens with zero attached hydrogens (tertiary/aromatic N) is 3. The lowest BCUT2D eigenvalue weighted by Crippen LogP contribution is -2.59. The van der Waals surface area contributed by atoms with Gasteiger partial charge in [-0.2, -0.15) is 0 Å². The molecule has 13 heteroatoms. The molecule has 1 aliphatic heterocycles. The Hall–Kier alpha value is -3.29. The van der Waals surface area contributed by atoms with Crippen molar-refractivity contribution in [2.45, 2.75) is 57.2 Å². The number of nitro groups is 1. The van der Waals surface area contributed by atoms with Crippen LogP contribution in [0.25, 0.3) is 0 Å². The zero-order chi connectivity index (χ0) is 27.4. The van der Waals surface area contributed by atoms with E-state index in [2.05, 4.69) is 6.58 Å². The first-order valence-corrected chi connectivity index (χ1v) is 12.6. The molecular formula is C23H32N4O8S. The Morgan fingerprint density at radius 2 is 1.94 bits per heavy atom. The van der Waals surface area contributed by atoms with Gasteiger partial charge in [-0.25, -0.2) is 13.2 Å². The Labute approximate surface area is 210 Å². The summed E-state index contributed by atoms with van der Waals surface area (Å²) in [5.41, 5.74) is 4.45. The SMILES string of the molecule is C=CCON(C1CN(C(=O)OC(C)(C)C)[C@H](C(N)=O)C=C1C(C)C)S(=O)(=O)c1ccccc1[N+](=O)[O-]. The van der Waals surface area contributed by atoms with E-state index in [0.29, 0.717) is 10.0 Å². The van der Waals surface area contributed by atoms with E-state index < -0.39 is 55.2 Å². The molecule has 0 fully saturated rings. The topological polar surface area (TPSA) is 162 Å². The quantitative estimate of drug-likeness (QED) is 0.293. The fraction of sp³-hybridized carbons (Fsp3) is 0.478. The van der Waals surface area contributed by atoms with Crippen LogP contribution in [0.2, 0.25) is 0 Å². The molecule has 0 radical (unpaired) electrons. The molecular weight excluding hydrogens is 492 g/mol. The van der Waals surface area contributed by atoms with E-state index in [0.717, 1.165) is 17.0 Å². The minimum absolute atomic E-state index is 0.257. The Balaban J connectivity index is 2.72. The van der Waals surface area contributed by atoms with Crippen molar-refractivity contribution in [3.8, 4) is 0 Å². The van der Waals surface area contributed by atoms with Crippen molar-refractivity contribution in [3.05, 3.63) is 58.7 Å². The van der Waals surface area contributed by atoms with E-state index >= 15 is 0 Å². The van der Waals surface area contributed by atoms with Crippen LogP contribution in [0, 0.1) is 16.0 Å². The molecule has 0 bridgehead atoms. The molecule has 1 aromatic rings. The highest BCUT2D eigenvalue weighted by Crippen LogP contribution is 2.34. The Morgan fingerprint density at radius 3 is 2.44 bits per heavy atom. The number of primary amides is 1. The molecule has 36 heavy (non-hydrogen) atoms. The van der Waals surface area contributed by atoms with Gasteiger partial charge in [0.05, 0.1) is 17.6 Å². The molecule has 0 saturated heterocycles. The van der Waals surface area contributed by atoms with E-state index in [9.17, 15) is 28.1 Å². The molecule has 0 aliphatic carbocycles. The zero-order valence-electron chi connectivity index (χ0n) is 20.9. The number of nitrogens with two attached hydrogens (primary N) is 1. The van der Waals surface area contributed by atoms with E-state index in [-0.39, 0.29) is 19.1 Å². The summed E-state index contributed by atoms with van der Waals surface area (Å²) in [6, 6.07) is 2.49. The van der Waals surface area contributed by atoms with Gasteiger partial charge in [-0.05, 0) is 38.3 Å². The normalized spacial score (nSPS) is 18.6. The molecule has 2 rings (SSSR count). The van der Waals surface area contributed by atoms with Gasteiger partial charge in [0.2, 0.25) is 5.91 Å². The largest absolute Gasteiger partial charge is 0.444 e. The van der Waals surface area contributed by atoms with Gasteiger partial charge in [0.15, 0.2) is 4.90 Å². The molecule has 1 aromatic carbocycles. The third-order valence-electron chi connectivity index (χ3n) is 5.18. The van der Waals surface area contributed by atoms with Gasteiger partial charge in [-0.15, -0.1) is 6.58 Å². The van der Waals surface area contributed by atoms with E-state index in [1.54, 1.807) is 34.6 Å². The lowest BCUT2D eigenvalue weighted by Gasteiger charge is -2.42. The predicted octanol–water partition coefficient (Wildman–Crippen LogP) is 2.76. The third-order valence-corrected chi connectivity index (χ3v) is 6.91. The summed E-state index contributed by atoms with van der Waals surface area (Å²) < 4.78 is 33.6. The standard InChI is InChI=1S/C23H32N4O8S/c1-7-12-34-27(36(32,33)20-11-9-8-10-17(20)26(30)31)19-14-25(22(29)35-23(4,5)6)18(21(24)28)13-16(19)15(2)3/h7-11,13,15,18-19H,1,12,14H2,2-6H3,(H2,24,28)/t18-,19?/m0/s1. The summed E-state index contributed by atoms with van der Waals surface area (Å²) in [4.78, 5) is 42.0. The number of hydrogen-bond acceptors (Lipinski definition) is 8. The van der Waals surface area contributed by atoms with Crippen LogP contribution in [0.1, 0.15) is 34.6 Å². The fourth-order valence-corrected chi connectivity index (χ4v) is 5.25. The Kier molecular flexibility index (Phi) is 8.99. The predicted molar refractivity (Wildman–Crippen MR) is 131 cm³/mol. The van der Waals surface area contributed by atoms with Crippen molar-refractivity contribution < 1.29 is 32.5 Å². The molecule has 198 valence electrons. The number of carbonyl (C=O) groups excluding carboxylic acids is 2. The monoisotopic (exact) mass is 524 g/mol. The fourth-order valence-electron chi connectivity index (χ4n) is 3.67. The summed E-state index contributed by atoms with van der Waals surface area (Å²) in [6.07, 6.45) is 1.83. The highest BCUT2D eigenvalue weighted by atomic mass is 32.2. The van der Waals surface area contributed by atoms with Gasteiger partial charge in [-0.3, -0.25) is 24.6 Å². The maximum atomic E-state index is 13.8. The summed E-state index contributed by atoms with van der Waals surface area (Å²) in [5, 5.41) is 11.6. The van der Waals surface area contributed by atoms with Crippen LogP contribution in [0.4, 0.5) is 10.5 Å². The average molecular weight is 525 g/mol. The van der Waals surface area contributed by atoms with E-state index in [1.165, 1.54) is 24.3 Å². The molecule has 0 saturated carbocycles. The van der Waals surface area contributed by atoms with Gasteiger partial charge in [0.25, 0.3) is 15.7 Å². The van der Waals surface area contributed by atoms with Crippen LogP contribution in [-0.4, -0.2) is 65.5 Å². The number of ether oxygens (including phenoxy) is 1. The molecule has 0 spiro atoms. The second-order valence-corrected chi connectivity index (χ2v) is 11.1. The van der Waals surface area contributed by atoms with Crippen LogP contribution in [0.15, 0.2) is 53.5 Å². The number of hydrogen-bond donors (Lipinski definition) is 1. The molecule has 1 heterocycles. The van der Waals surface area contributed by atoms with Crippen LogP contribution in [0.3, 0.4) is 0 Å². The minimum Gasteiger partial charge on any atom is -0.444 e. The molecule has 12 nitrogen and oxygen atoms in total. The van der Waals surface area contributed by atoms with Crippen LogP contribution >= 0.6 is 0 Å². The number of amides is 2. The van der Waals surface area contributed by atoms with Crippen molar-refractivity contribution >= 4 is 27.7 Å². The second-order valence-electron chi connectivity index (χ2n) is 9.39. The van der Waals surface area contributed by atoms with Gasteiger partial charge < -0.3 is 10.5 Å². The van der Waals surface area contributed by atoms with E-state index in [1.807, 2.05) is 0 Å². The van der Waals surface area contributed by atoms with Crippen molar-refractivity contribution in [2.75, 3.05) is 13.2 Å². The molecule has 0 aromatic heterocycles. The van der Waals surface area contributed by atoms with Gasteiger partial charge in [0.1, 0.15) is 11.6 Å². The molecule has 2 amide bonds. The lowest BCUT2D eigenvalue weighted by atomic mass is 9.89. The molecule has 1 unspecified atom stereocenters. The number of nitro benzene ring substituents is 1. The smallest absolute Gasteiger partial charge is 0.411 e. The maximum Gasteiger partial charge on any atom is 0.411 e. The number of rotatable bonds is 9. The third kappa shape index (κ3) is 6.47. The number of carbonyl (C=O) groups is 2. The van der Waals surface area contributed by atoms with Crippen molar-refractivity contribution in [3.63, 3.8) is 0 Å². The highest BCUT2D eigenvalue weighted by molar-refractivity contribution is 7.89.